The molecule has 0 aliphatic carbocycles. The third kappa shape index (κ3) is 4.07. The molecule has 0 saturated carbocycles. The van der Waals surface area contributed by atoms with Gasteiger partial charge >= 0.3 is 0 Å². The van der Waals surface area contributed by atoms with E-state index in [2.05, 4.69) is 10.2 Å². The van der Waals surface area contributed by atoms with Crippen molar-refractivity contribution in [3.8, 4) is 0 Å². The molecule has 0 bridgehead atoms. The van der Waals surface area contributed by atoms with Crippen LogP contribution >= 0.6 is 0 Å². The van der Waals surface area contributed by atoms with E-state index in [4.69, 9.17) is 5.73 Å². The number of nitrogens with two attached hydrogens (primary N) is 1. The number of benzene rings is 1. The van der Waals surface area contributed by atoms with Gasteiger partial charge in [0.05, 0.1) is 0 Å². The smallest absolute Gasteiger partial charge is 0.255 e. The maximum Gasteiger partial charge on any atom is 0.255 e. The molecule has 2 saturated heterocycles. The van der Waals surface area contributed by atoms with Crippen LogP contribution in [0.1, 0.15) is 66.4 Å². The second-order valence-corrected chi connectivity index (χ2v) is 8.40. The van der Waals surface area contributed by atoms with Crippen LogP contribution in [0, 0.1) is 0 Å². The van der Waals surface area contributed by atoms with Gasteiger partial charge in [0.25, 0.3) is 5.91 Å². The number of hydrogen-bond donors (Lipinski definition) is 2. The van der Waals surface area contributed by atoms with Crippen LogP contribution in [0.3, 0.4) is 0 Å². The Labute approximate surface area is 171 Å². The number of nitrogens with zero attached hydrogens (tertiary/aromatic N) is 2. The lowest BCUT2D eigenvalue weighted by molar-refractivity contribution is -0.136. The lowest BCUT2D eigenvalue weighted by Gasteiger charge is -2.36. The molecule has 2 fully saturated rings. The average molecular weight is 399 g/mol. The van der Waals surface area contributed by atoms with Gasteiger partial charge in [0, 0.05) is 31.1 Å². The Morgan fingerprint density at radius 1 is 1.14 bits per heavy atom. The first kappa shape index (κ1) is 20.0. The highest BCUT2D eigenvalue weighted by Gasteiger charge is 2.40. The first-order valence-electron chi connectivity index (χ1n) is 10.8. The molecule has 156 valence electrons. The molecule has 1 aromatic rings. The Morgan fingerprint density at radius 3 is 2.79 bits per heavy atom. The summed E-state index contributed by atoms with van der Waals surface area (Å²) in [7, 11) is 0. The minimum atomic E-state index is -0.562. The zero-order valence-corrected chi connectivity index (χ0v) is 16.9. The molecule has 7 nitrogen and oxygen atoms in total. The standard InChI is InChI=1S/C22H30N4O3/c23-11-4-8-17-7-1-2-12-25(17)13-15-5-3-6-16-14-26(22(29)20(15)16)18-9-10-19(27)24-21(18)28/h3,5-6,17-18H,1-2,4,7-14,23H2,(H,24,27,28). The fraction of sp³-hybridized carbons (Fsp3) is 0.591. The summed E-state index contributed by atoms with van der Waals surface area (Å²) in [6.45, 7) is 2.95. The zero-order valence-electron chi connectivity index (χ0n) is 16.9. The Hall–Kier alpha value is -2.25. The number of fused-ring (bicyclic) bond motifs is 1. The quantitative estimate of drug-likeness (QED) is 0.709. The first-order valence-corrected chi connectivity index (χ1v) is 10.8. The summed E-state index contributed by atoms with van der Waals surface area (Å²) >= 11 is 0. The monoisotopic (exact) mass is 398 g/mol. The molecule has 3 aliphatic heterocycles. The molecule has 3 heterocycles. The minimum absolute atomic E-state index is 0.0828. The number of rotatable bonds is 6. The highest BCUT2D eigenvalue weighted by Crippen LogP contribution is 2.32. The van der Waals surface area contributed by atoms with Gasteiger partial charge in [-0.2, -0.15) is 0 Å². The fourth-order valence-corrected chi connectivity index (χ4v) is 4.99. The number of nitrogens with one attached hydrogen (secondary N) is 1. The van der Waals surface area contributed by atoms with E-state index in [1.165, 1.54) is 19.3 Å². The number of carbonyl (C=O) groups excluding carboxylic acids is 3. The summed E-state index contributed by atoms with van der Waals surface area (Å²) in [5.41, 5.74) is 8.49. The van der Waals surface area contributed by atoms with E-state index >= 15 is 0 Å². The zero-order chi connectivity index (χ0) is 20.4. The van der Waals surface area contributed by atoms with E-state index in [1.807, 2.05) is 18.2 Å². The number of imide groups is 1. The lowest BCUT2D eigenvalue weighted by atomic mass is 9.95. The third-order valence-corrected chi connectivity index (χ3v) is 6.50. The van der Waals surface area contributed by atoms with Gasteiger partial charge < -0.3 is 10.6 Å². The van der Waals surface area contributed by atoms with Crippen molar-refractivity contribution in [2.24, 2.45) is 5.73 Å². The van der Waals surface area contributed by atoms with Crippen LogP contribution in [-0.4, -0.2) is 52.7 Å². The molecule has 2 unspecified atom stereocenters. The van der Waals surface area contributed by atoms with E-state index in [9.17, 15) is 14.4 Å². The molecule has 3 N–H and O–H groups in total. The van der Waals surface area contributed by atoms with Crippen LogP contribution in [0.2, 0.25) is 0 Å². The van der Waals surface area contributed by atoms with Crippen LogP contribution in [0.4, 0.5) is 0 Å². The van der Waals surface area contributed by atoms with Gasteiger partial charge in [-0.3, -0.25) is 24.6 Å². The molecule has 0 radical (unpaired) electrons. The average Bonchev–Trinajstić information content (AvgIpc) is 3.05. The highest BCUT2D eigenvalue weighted by molar-refractivity contribution is 6.05. The molecule has 0 aromatic heterocycles. The minimum Gasteiger partial charge on any atom is -0.330 e. The molecule has 3 aliphatic rings. The largest absolute Gasteiger partial charge is 0.330 e. The van der Waals surface area contributed by atoms with Crippen LogP contribution in [0.5, 0.6) is 0 Å². The van der Waals surface area contributed by atoms with Crippen molar-refractivity contribution >= 4 is 17.7 Å². The summed E-state index contributed by atoms with van der Waals surface area (Å²) in [6.07, 6.45) is 6.42. The molecule has 0 spiro atoms. The normalized spacial score (nSPS) is 25.3. The predicted molar refractivity (Wildman–Crippen MR) is 109 cm³/mol. The van der Waals surface area contributed by atoms with Crippen LogP contribution in [-0.2, 0) is 22.7 Å². The molecular weight excluding hydrogens is 368 g/mol. The van der Waals surface area contributed by atoms with Crippen molar-refractivity contribution in [2.45, 2.75) is 70.1 Å². The summed E-state index contributed by atoms with van der Waals surface area (Å²) in [5, 5.41) is 2.37. The maximum absolute atomic E-state index is 13.3. The number of amides is 3. The molecular formula is C22H30N4O3. The van der Waals surface area contributed by atoms with Crippen LogP contribution < -0.4 is 11.1 Å². The van der Waals surface area contributed by atoms with Crippen molar-refractivity contribution in [3.63, 3.8) is 0 Å². The van der Waals surface area contributed by atoms with E-state index in [0.29, 0.717) is 25.6 Å². The summed E-state index contributed by atoms with van der Waals surface area (Å²) in [4.78, 5) is 41.2. The number of piperidine rings is 2. The highest BCUT2D eigenvalue weighted by atomic mass is 16.2. The number of likely N-dealkylation sites (tertiary alicyclic amines) is 1. The van der Waals surface area contributed by atoms with Crippen molar-refractivity contribution < 1.29 is 14.4 Å². The van der Waals surface area contributed by atoms with Crippen molar-refractivity contribution in [2.75, 3.05) is 13.1 Å². The van der Waals surface area contributed by atoms with E-state index in [-0.39, 0.29) is 24.1 Å². The Kier molecular flexibility index (Phi) is 5.96. The van der Waals surface area contributed by atoms with Crippen LogP contribution in [0.15, 0.2) is 18.2 Å². The van der Waals surface area contributed by atoms with Gasteiger partial charge in [0.15, 0.2) is 0 Å². The second-order valence-electron chi connectivity index (χ2n) is 8.40. The van der Waals surface area contributed by atoms with Gasteiger partial charge in [0.1, 0.15) is 6.04 Å². The summed E-state index contributed by atoms with van der Waals surface area (Å²) in [5.74, 6) is -0.702. The van der Waals surface area contributed by atoms with Gasteiger partial charge in [-0.1, -0.05) is 24.6 Å². The van der Waals surface area contributed by atoms with Crippen molar-refractivity contribution in [1.82, 2.24) is 15.1 Å². The predicted octanol–water partition coefficient (Wildman–Crippen LogP) is 1.54. The third-order valence-electron chi connectivity index (χ3n) is 6.50. The van der Waals surface area contributed by atoms with E-state index < -0.39 is 6.04 Å². The Balaban J connectivity index is 1.53. The number of carbonyl (C=O) groups is 3. The number of hydrogen-bond acceptors (Lipinski definition) is 5. The van der Waals surface area contributed by atoms with Gasteiger partial charge in [-0.25, -0.2) is 0 Å². The molecule has 1 aromatic carbocycles. The van der Waals surface area contributed by atoms with E-state index in [1.54, 1.807) is 4.90 Å². The van der Waals surface area contributed by atoms with Crippen LogP contribution in [0.25, 0.3) is 0 Å². The van der Waals surface area contributed by atoms with Gasteiger partial charge in [-0.05, 0) is 56.3 Å². The lowest BCUT2D eigenvalue weighted by Crippen LogP contribution is -2.52. The molecule has 2 atom stereocenters. The van der Waals surface area contributed by atoms with Gasteiger partial charge in [0.2, 0.25) is 11.8 Å². The SMILES string of the molecule is NCCCC1CCCCN1Cc1cccc2c1C(=O)N(C1CCC(=O)NC1=O)C2. The first-order chi connectivity index (χ1) is 14.1. The van der Waals surface area contributed by atoms with E-state index in [0.717, 1.165) is 42.6 Å². The molecule has 29 heavy (non-hydrogen) atoms. The Morgan fingerprint density at radius 2 is 2.00 bits per heavy atom. The van der Waals surface area contributed by atoms with Crippen molar-refractivity contribution in [3.05, 3.63) is 34.9 Å². The summed E-state index contributed by atoms with van der Waals surface area (Å²) in [6, 6.07) is 5.98. The molecule has 7 heteroatoms. The Bertz CT molecular complexity index is 809. The summed E-state index contributed by atoms with van der Waals surface area (Å²) < 4.78 is 0. The maximum atomic E-state index is 13.3. The second kappa shape index (κ2) is 8.63. The topological polar surface area (TPSA) is 95.7 Å². The van der Waals surface area contributed by atoms with Crippen molar-refractivity contribution in [1.29, 1.82) is 0 Å². The van der Waals surface area contributed by atoms with Gasteiger partial charge in [-0.15, -0.1) is 0 Å². The molecule has 3 amide bonds. The fourth-order valence-electron chi connectivity index (χ4n) is 4.99. The molecule has 4 rings (SSSR count).